The van der Waals surface area contributed by atoms with E-state index in [0.29, 0.717) is 17.8 Å². The molecule has 1 aromatic carbocycles. The molecule has 0 spiro atoms. The summed E-state index contributed by atoms with van der Waals surface area (Å²) < 4.78 is 4.88. The Kier molecular flexibility index (Phi) is 5.28. The van der Waals surface area contributed by atoms with Crippen LogP contribution in [0.4, 0.5) is 0 Å². The Morgan fingerprint density at radius 3 is 2.91 bits per heavy atom. The number of rotatable bonds is 5. The van der Waals surface area contributed by atoms with E-state index >= 15 is 0 Å². The number of esters is 1. The Morgan fingerprint density at radius 1 is 1.50 bits per heavy atom. The Labute approximate surface area is 129 Å². The van der Waals surface area contributed by atoms with Gasteiger partial charge in [-0.1, -0.05) is 24.1 Å². The smallest absolute Gasteiger partial charge is 0.315 e. The van der Waals surface area contributed by atoms with E-state index in [2.05, 4.69) is 21.5 Å². The van der Waals surface area contributed by atoms with E-state index in [0.717, 1.165) is 0 Å². The van der Waals surface area contributed by atoms with Gasteiger partial charge in [0.05, 0.1) is 5.92 Å². The third-order valence-electron chi connectivity index (χ3n) is 3.23. The summed E-state index contributed by atoms with van der Waals surface area (Å²) in [5.74, 6) is 1.09. The fraction of sp³-hybridized carbons (Fsp3) is 0.312. The Bertz CT molecular complexity index is 619. The molecule has 1 amide bonds. The summed E-state index contributed by atoms with van der Waals surface area (Å²) in [6.45, 7) is 2.05. The fourth-order valence-corrected chi connectivity index (χ4v) is 1.98. The predicted molar refractivity (Wildman–Crippen MR) is 82.1 cm³/mol. The largest absolute Gasteiger partial charge is 0.452 e. The van der Waals surface area contributed by atoms with Crippen LogP contribution < -0.4 is 10.6 Å². The molecule has 1 heterocycles. The van der Waals surface area contributed by atoms with Crippen LogP contribution in [0.25, 0.3) is 0 Å². The van der Waals surface area contributed by atoms with Crippen LogP contribution in [-0.2, 0) is 9.53 Å². The number of carbonyl (C=O) groups is 2. The van der Waals surface area contributed by atoms with Crippen molar-refractivity contribution < 1.29 is 14.3 Å². The lowest BCUT2D eigenvalue weighted by Gasteiger charge is -2.10. The summed E-state index contributed by atoms with van der Waals surface area (Å²) >= 11 is 0. The first kappa shape index (κ1) is 15.7. The average Bonchev–Trinajstić information content (AvgIpc) is 3.01. The van der Waals surface area contributed by atoms with Crippen LogP contribution in [0, 0.1) is 18.3 Å². The van der Waals surface area contributed by atoms with Crippen LogP contribution in [-0.4, -0.2) is 37.0 Å². The van der Waals surface area contributed by atoms with Crippen molar-refractivity contribution in [2.24, 2.45) is 10.9 Å². The van der Waals surface area contributed by atoms with E-state index in [-0.39, 0.29) is 12.5 Å². The molecule has 0 bridgehead atoms. The molecule has 6 nitrogen and oxygen atoms in total. The summed E-state index contributed by atoms with van der Waals surface area (Å²) in [7, 11) is 0. The summed E-state index contributed by atoms with van der Waals surface area (Å²) in [5.41, 5.74) is 1.18. The number of benzene rings is 1. The van der Waals surface area contributed by atoms with Gasteiger partial charge in [-0.05, 0) is 19.1 Å². The summed E-state index contributed by atoms with van der Waals surface area (Å²) in [5, 5.41) is 5.76. The third-order valence-corrected chi connectivity index (χ3v) is 3.23. The number of nitrogens with one attached hydrogen (secondary N) is 2. The summed E-state index contributed by atoms with van der Waals surface area (Å²) in [6.07, 6.45) is 4.49. The maximum absolute atomic E-state index is 12.0. The van der Waals surface area contributed by atoms with Gasteiger partial charge >= 0.3 is 5.97 Å². The van der Waals surface area contributed by atoms with E-state index < -0.39 is 18.2 Å². The molecule has 2 unspecified atom stereocenters. The van der Waals surface area contributed by atoms with Gasteiger partial charge in [0.1, 0.15) is 0 Å². The van der Waals surface area contributed by atoms with Crippen LogP contribution in [0.5, 0.6) is 0 Å². The molecule has 0 radical (unpaired) electrons. The molecule has 6 heteroatoms. The van der Waals surface area contributed by atoms with E-state index in [1.165, 1.54) is 0 Å². The van der Waals surface area contributed by atoms with Crippen molar-refractivity contribution in [1.29, 1.82) is 0 Å². The molecule has 0 aliphatic carbocycles. The zero-order valence-electron chi connectivity index (χ0n) is 12.2. The molecule has 0 aromatic heterocycles. The monoisotopic (exact) mass is 299 g/mol. The highest BCUT2D eigenvalue weighted by atomic mass is 16.5. The first-order valence-electron chi connectivity index (χ1n) is 6.87. The van der Waals surface area contributed by atoms with Gasteiger partial charge in [-0.15, -0.1) is 6.42 Å². The minimum atomic E-state index is -0.550. The molecular weight excluding hydrogens is 282 g/mol. The Balaban J connectivity index is 1.93. The highest BCUT2D eigenvalue weighted by Gasteiger charge is 2.27. The zero-order valence-corrected chi connectivity index (χ0v) is 12.2. The first-order chi connectivity index (χ1) is 10.6. The van der Waals surface area contributed by atoms with Crippen LogP contribution >= 0.6 is 0 Å². The standard InChI is InChI=1S/C16H17N3O3/c1-3-9-22-15(21)11(2)13-10-17-16(18-13)19-14(20)12-7-5-4-6-8-12/h1,4-8,11,16-17H,9-10H2,2H3,(H,19,20). The summed E-state index contributed by atoms with van der Waals surface area (Å²) in [6, 6.07) is 8.85. The number of hydrogen-bond acceptors (Lipinski definition) is 5. The molecule has 1 aliphatic heterocycles. The van der Waals surface area contributed by atoms with Gasteiger partial charge in [0, 0.05) is 17.8 Å². The normalized spacial score (nSPS) is 18.0. The lowest BCUT2D eigenvalue weighted by molar-refractivity contribution is -0.144. The molecular formula is C16H17N3O3. The van der Waals surface area contributed by atoms with Crippen molar-refractivity contribution in [3.63, 3.8) is 0 Å². The minimum Gasteiger partial charge on any atom is -0.452 e. The molecule has 0 fully saturated rings. The SMILES string of the molecule is C#CCOC(=O)C(C)C1=NC(NC(=O)c2ccccc2)NC1. The molecule has 22 heavy (non-hydrogen) atoms. The van der Waals surface area contributed by atoms with Crippen LogP contribution in [0.1, 0.15) is 17.3 Å². The topological polar surface area (TPSA) is 79.8 Å². The Morgan fingerprint density at radius 2 is 2.23 bits per heavy atom. The molecule has 114 valence electrons. The maximum atomic E-state index is 12.0. The van der Waals surface area contributed by atoms with Crippen molar-refractivity contribution in [2.75, 3.05) is 13.2 Å². The second-order valence-electron chi connectivity index (χ2n) is 4.78. The van der Waals surface area contributed by atoms with Gasteiger partial charge in [-0.2, -0.15) is 0 Å². The Hall–Kier alpha value is -2.65. The number of aliphatic imine (C=N–C) groups is 1. The zero-order chi connectivity index (χ0) is 15.9. The van der Waals surface area contributed by atoms with Crippen molar-refractivity contribution >= 4 is 17.6 Å². The lowest BCUT2D eigenvalue weighted by Crippen LogP contribution is -2.41. The highest BCUT2D eigenvalue weighted by molar-refractivity contribution is 6.04. The van der Waals surface area contributed by atoms with Gasteiger partial charge in [-0.3, -0.25) is 19.9 Å². The van der Waals surface area contributed by atoms with Crippen molar-refractivity contribution in [3.8, 4) is 12.3 Å². The molecule has 2 N–H and O–H groups in total. The van der Waals surface area contributed by atoms with Crippen molar-refractivity contribution in [2.45, 2.75) is 13.2 Å². The molecule has 0 saturated carbocycles. The quantitative estimate of drug-likeness (QED) is 0.615. The molecule has 2 rings (SSSR count). The average molecular weight is 299 g/mol. The van der Waals surface area contributed by atoms with Crippen LogP contribution in [0.2, 0.25) is 0 Å². The molecule has 1 aliphatic rings. The maximum Gasteiger partial charge on any atom is 0.315 e. The van der Waals surface area contributed by atoms with E-state index in [9.17, 15) is 9.59 Å². The van der Waals surface area contributed by atoms with Gasteiger partial charge in [0.2, 0.25) is 0 Å². The number of terminal acetylenes is 1. The number of carbonyl (C=O) groups excluding carboxylic acids is 2. The molecule has 2 atom stereocenters. The number of nitrogens with zero attached hydrogens (tertiary/aromatic N) is 1. The fourth-order valence-electron chi connectivity index (χ4n) is 1.98. The lowest BCUT2D eigenvalue weighted by atomic mass is 10.1. The summed E-state index contributed by atoms with van der Waals surface area (Å²) in [4.78, 5) is 28.0. The van der Waals surface area contributed by atoms with E-state index in [1.807, 2.05) is 6.07 Å². The van der Waals surface area contributed by atoms with Crippen molar-refractivity contribution in [3.05, 3.63) is 35.9 Å². The predicted octanol–water partition coefficient (Wildman–Crippen LogP) is 0.557. The van der Waals surface area contributed by atoms with E-state index in [4.69, 9.17) is 11.2 Å². The minimum absolute atomic E-state index is 0.0575. The van der Waals surface area contributed by atoms with Gasteiger partial charge in [-0.25, -0.2) is 0 Å². The molecule has 1 aromatic rings. The van der Waals surface area contributed by atoms with Gasteiger partial charge in [0.15, 0.2) is 12.9 Å². The van der Waals surface area contributed by atoms with Crippen LogP contribution in [0.3, 0.4) is 0 Å². The number of amides is 1. The highest BCUT2D eigenvalue weighted by Crippen LogP contribution is 2.08. The first-order valence-corrected chi connectivity index (χ1v) is 6.87. The number of hydrogen-bond donors (Lipinski definition) is 2. The number of ether oxygens (including phenoxy) is 1. The van der Waals surface area contributed by atoms with E-state index in [1.54, 1.807) is 31.2 Å². The van der Waals surface area contributed by atoms with Gasteiger partial charge < -0.3 is 10.1 Å². The second kappa shape index (κ2) is 7.38. The van der Waals surface area contributed by atoms with Crippen LogP contribution in [0.15, 0.2) is 35.3 Å². The van der Waals surface area contributed by atoms with Gasteiger partial charge in [0.25, 0.3) is 5.91 Å². The third kappa shape index (κ3) is 3.93. The molecule has 0 saturated heterocycles. The second-order valence-corrected chi connectivity index (χ2v) is 4.78. The van der Waals surface area contributed by atoms with Crippen molar-refractivity contribution in [1.82, 2.24) is 10.6 Å².